The van der Waals surface area contributed by atoms with E-state index >= 15 is 0 Å². The van der Waals surface area contributed by atoms with E-state index < -0.39 is 5.97 Å². The number of hydrogen-bond acceptors (Lipinski definition) is 6. The van der Waals surface area contributed by atoms with E-state index in [9.17, 15) is 9.59 Å². The molecule has 1 aliphatic carbocycles. The summed E-state index contributed by atoms with van der Waals surface area (Å²) in [7, 11) is 0. The molecule has 1 heterocycles. The lowest BCUT2D eigenvalue weighted by Crippen LogP contribution is -2.38. The number of esters is 1. The van der Waals surface area contributed by atoms with E-state index in [1.165, 1.54) is 36.8 Å². The van der Waals surface area contributed by atoms with Crippen LogP contribution in [-0.4, -0.2) is 45.2 Å². The molecule has 0 aromatic heterocycles. The molecule has 1 saturated heterocycles. The lowest BCUT2D eigenvalue weighted by Gasteiger charge is -2.38. The van der Waals surface area contributed by atoms with Crippen LogP contribution in [0.3, 0.4) is 0 Å². The summed E-state index contributed by atoms with van der Waals surface area (Å²) in [6, 6.07) is 9.15. The first-order valence-electron chi connectivity index (χ1n) is 14.7. The van der Waals surface area contributed by atoms with Gasteiger partial charge in [0.15, 0.2) is 6.29 Å². The minimum atomic E-state index is -0.398. The molecule has 2 fully saturated rings. The second-order valence-corrected chi connectivity index (χ2v) is 11.4. The first-order valence-corrected chi connectivity index (χ1v) is 14.7. The third kappa shape index (κ3) is 10.5. The predicted molar refractivity (Wildman–Crippen MR) is 149 cm³/mol. The van der Waals surface area contributed by atoms with Gasteiger partial charge in [-0.1, -0.05) is 50.6 Å². The van der Waals surface area contributed by atoms with Crippen molar-refractivity contribution < 1.29 is 28.5 Å². The minimum absolute atomic E-state index is 0.00486. The molecule has 3 rings (SSSR count). The summed E-state index contributed by atoms with van der Waals surface area (Å²) in [5.41, 5.74) is 3.22. The maximum atomic E-state index is 11.8. The zero-order valence-corrected chi connectivity index (χ0v) is 23.5. The minimum Gasteiger partial charge on any atom is -0.467 e. The second kappa shape index (κ2) is 16.7. The maximum Gasteiger partial charge on any atom is 0.333 e. The van der Waals surface area contributed by atoms with Crippen molar-refractivity contribution in [2.45, 2.75) is 90.8 Å². The SMILES string of the molecule is C=C(C)C(=O)OCC(COC=O)CC1CCC(C2OCC(CCc3ccc(CCCCC)cc3)CO2)CC1. The molecule has 0 bridgehead atoms. The molecule has 0 N–H and O–H groups in total. The van der Waals surface area contributed by atoms with E-state index in [0.717, 1.165) is 58.2 Å². The molecule has 1 saturated carbocycles. The van der Waals surface area contributed by atoms with E-state index in [2.05, 4.69) is 37.8 Å². The molecule has 0 radical (unpaired) electrons. The van der Waals surface area contributed by atoms with E-state index in [-0.39, 0.29) is 25.4 Å². The van der Waals surface area contributed by atoms with Crippen LogP contribution in [0.4, 0.5) is 0 Å². The van der Waals surface area contributed by atoms with Crippen molar-refractivity contribution in [3.63, 3.8) is 0 Å². The number of benzene rings is 1. The van der Waals surface area contributed by atoms with Gasteiger partial charge in [0.1, 0.15) is 0 Å². The van der Waals surface area contributed by atoms with Gasteiger partial charge in [-0.3, -0.25) is 4.79 Å². The summed E-state index contributed by atoms with van der Waals surface area (Å²) in [6.45, 7) is 10.0. The normalized spacial score (nSPS) is 24.4. The van der Waals surface area contributed by atoms with E-state index in [1.54, 1.807) is 6.92 Å². The van der Waals surface area contributed by atoms with Gasteiger partial charge in [0.25, 0.3) is 6.47 Å². The van der Waals surface area contributed by atoms with Gasteiger partial charge >= 0.3 is 5.97 Å². The first kappa shape index (κ1) is 30.4. The number of hydrogen-bond donors (Lipinski definition) is 0. The van der Waals surface area contributed by atoms with Crippen LogP contribution in [-0.2, 0) is 41.4 Å². The fourth-order valence-electron chi connectivity index (χ4n) is 5.66. The summed E-state index contributed by atoms with van der Waals surface area (Å²) in [5.74, 6) is 1.01. The van der Waals surface area contributed by atoms with Crippen molar-refractivity contribution >= 4 is 12.4 Å². The van der Waals surface area contributed by atoms with Gasteiger partial charge < -0.3 is 18.9 Å². The smallest absolute Gasteiger partial charge is 0.333 e. The number of ether oxygens (including phenoxy) is 4. The highest BCUT2D eigenvalue weighted by Gasteiger charge is 2.33. The highest BCUT2D eigenvalue weighted by atomic mass is 16.7. The number of rotatable bonds is 16. The van der Waals surface area contributed by atoms with Crippen LogP contribution in [0.15, 0.2) is 36.4 Å². The van der Waals surface area contributed by atoms with Gasteiger partial charge in [-0.15, -0.1) is 0 Å². The molecule has 212 valence electrons. The Balaban J connectivity index is 1.33. The van der Waals surface area contributed by atoms with Crippen molar-refractivity contribution in [1.82, 2.24) is 0 Å². The summed E-state index contributed by atoms with van der Waals surface area (Å²) in [6.07, 6.45) is 12.3. The number of carbonyl (C=O) groups is 2. The third-order valence-corrected chi connectivity index (χ3v) is 8.07. The molecular weight excluding hydrogens is 480 g/mol. The van der Waals surface area contributed by atoms with Gasteiger partial charge in [-0.25, -0.2) is 4.79 Å². The lowest BCUT2D eigenvalue weighted by molar-refractivity contribution is -0.230. The van der Waals surface area contributed by atoms with Crippen molar-refractivity contribution in [3.05, 3.63) is 47.5 Å². The van der Waals surface area contributed by atoms with Gasteiger partial charge in [-0.05, 0) is 81.8 Å². The quantitative estimate of drug-likeness (QED) is 0.106. The number of carbonyl (C=O) groups excluding carboxylic acids is 2. The Morgan fingerprint density at radius 3 is 2.26 bits per heavy atom. The van der Waals surface area contributed by atoms with Crippen LogP contribution in [0.2, 0.25) is 0 Å². The van der Waals surface area contributed by atoms with Gasteiger partial charge in [-0.2, -0.15) is 0 Å². The fraction of sp³-hybridized carbons (Fsp3) is 0.688. The van der Waals surface area contributed by atoms with Gasteiger partial charge in [0.2, 0.25) is 0 Å². The van der Waals surface area contributed by atoms with Gasteiger partial charge in [0.05, 0.1) is 26.4 Å². The average molecular weight is 529 g/mol. The zero-order chi connectivity index (χ0) is 27.2. The lowest BCUT2D eigenvalue weighted by atomic mass is 9.78. The number of unbranched alkanes of at least 4 members (excludes halogenated alkanes) is 2. The molecule has 1 aromatic rings. The van der Waals surface area contributed by atoms with Crippen LogP contribution in [0.1, 0.15) is 82.8 Å². The Morgan fingerprint density at radius 1 is 1.00 bits per heavy atom. The summed E-state index contributed by atoms with van der Waals surface area (Å²) < 4.78 is 22.7. The van der Waals surface area contributed by atoms with Crippen LogP contribution in [0.25, 0.3) is 0 Å². The van der Waals surface area contributed by atoms with Crippen molar-refractivity contribution in [2.75, 3.05) is 26.4 Å². The molecule has 2 aliphatic rings. The topological polar surface area (TPSA) is 71.1 Å². The Hall–Kier alpha value is -2.18. The molecule has 1 aromatic carbocycles. The Labute approximate surface area is 229 Å². The van der Waals surface area contributed by atoms with E-state index in [1.807, 2.05) is 0 Å². The number of aryl methyl sites for hydroxylation is 2. The summed E-state index contributed by atoms with van der Waals surface area (Å²) in [5, 5.41) is 0. The standard InChI is InChI=1S/C32H48O6/c1-4-5-6-7-25-8-10-26(11-9-25)12-13-28-20-37-32(38-21-28)30-16-14-27(15-17-30)18-29(19-35-23-33)22-36-31(34)24(2)3/h8-11,23,27-30,32H,2,4-7,12-22H2,1,3H3. The molecule has 0 spiro atoms. The van der Waals surface area contributed by atoms with Crippen LogP contribution in [0.5, 0.6) is 0 Å². The molecular formula is C32H48O6. The Kier molecular flexibility index (Phi) is 13.4. The molecule has 1 aliphatic heterocycles. The fourth-order valence-corrected chi connectivity index (χ4v) is 5.66. The third-order valence-electron chi connectivity index (χ3n) is 8.07. The predicted octanol–water partition coefficient (Wildman–Crippen LogP) is 6.45. The molecule has 38 heavy (non-hydrogen) atoms. The Morgan fingerprint density at radius 2 is 1.66 bits per heavy atom. The maximum absolute atomic E-state index is 11.8. The molecule has 6 nitrogen and oxygen atoms in total. The largest absolute Gasteiger partial charge is 0.467 e. The second-order valence-electron chi connectivity index (χ2n) is 11.4. The zero-order valence-electron chi connectivity index (χ0n) is 23.5. The molecule has 1 unspecified atom stereocenters. The highest BCUT2D eigenvalue weighted by Crippen LogP contribution is 2.37. The summed E-state index contributed by atoms with van der Waals surface area (Å²) >= 11 is 0. The molecule has 6 heteroatoms. The van der Waals surface area contributed by atoms with Crippen LogP contribution < -0.4 is 0 Å². The van der Waals surface area contributed by atoms with Crippen LogP contribution >= 0.6 is 0 Å². The van der Waals surface area contributed by atoms with Crippen LogP contribution in [0, 0.1) is 23.7 Å². The van der Waals surface area contributed by atoms with Crippen molar-refractivity contribution in [2.24, 2.45) is 23.7 Å². The highest BCUT2D eigenvalue weighted by molar-refractivity contribution is 5.86. The molecule has 1 atom stereocenters. The Bertz CT molecular complexity index is 834. The summed E-state index contributed by atoms with van der Waals surface area (Å²) in [4.78, 5) is 22.4. The van der Waals surface area contributed by atoms with E-state index in [0.29, 0.717) is 29.8 Å². The van der Waals surface area contributed by atoms with E-state index in [4.69, 9.17) is 18.9 Å². The van der Waals surface area contributed by atoms with Crippen molar-refractivity contribution in [3.8, 4) is 0 Å². The molecule has 0 amide bonds. The van der Waals surface area contributed by atoms with Crippen molar-refractivity contribution in [1.29, 1.82) is 0 Å². The monoisotopic (exact) mass is 528 g/mol. The first-order chi connectivity index (χ1) is 18.5. The average Bonchev–Trinajstić information content (AvgIpc) is 2.94. The van der Waals surface area contributed by atoms with Gasteiger partial charge in [0, 0.05) is 23.3 Å².